The molecule has 0 saturated heterocycles. The molecular weight excluding hydrogens is 337 g/mol. The number of hydrogen-bond acceptors (Lipinski definition) is 3. The number of ether oxygens (including phenoxy) is 1. The van der Waals surface area contributed by atoms with Crippen LogP contribution in [0.15, 0.2) is 65.8 Å². The van der Waals surface area contributed by atoms with Crippen LogP contribution in [0.5, 0.6) is 5.75 Å². The smallest absolute Gasteiger partial charge is 0.184 e. The number of hydrogen-bond donors (Lipinski definition) is 2. The summed E-state index contributed by atoms with van der Waals surface area (Å²) in [5.74, 6) is 0.295. The molecule has 0 spiro atoms. The van der Waals surface area contributed by atoms with E-state index in [-0.39, 0.29) is 17.5 Å². The van der Waals surface area contributed by atoms with Gasteiger partial charge < -0.3 is 10.5 Å². The molecule has 0 atom stereocenters. The zero-order valence-electron chi connectivity index (χ0n) is 13.3. The summed E-state index contributed by atoms with van der Waals surface area (Å²) >= 11 is 4.75. The van der Waals surface area contributed by atoms with Gasteiger partial charge >= 0.3 is 0 Å². The second kappa shape index (κ2) is 7.72. The minimum atomic E-state index is -0.298. The third kappa shape index (κ3) is 4.10. The minimum Gasteiger partial charge on any atom is -0.488 e. The number of nitrogens with two attached hydrogens (primary N) is 1. The standard InChI is InChI=1S/C19H16FN3OS/c20-17-8-4-2-6-14(17)12-24-18-10-9-13-5-1-3-7-15(13)16(18)11-22-23-19(21)25/h1-11H,12H2,(H3,21,23,25)/b22-11-. The zero-order valence-corrected chi connectivity index (χ0v) is 14.1. The third-order valence-electron chi connectivity index (χ3n) is 3.64. The molecule has 0 fully saturated rings. The maximum atomic E-state index is 13.8. The van der Waals surface area contributed by atoms with Crippen molar-refractivity contribution in [1.82, 2.24) is 5.43 Å². The topological polar surface area (TPSA) is 59.6 Å². The second-order valence-corrected chi connectivity index (χ2v) is 5.75. The monoisotopic (exact) mass is 353 g/mol. The Kier molecular flexibility index (Phi) is 5.20. The highest BCUT2D eigenvalue weighted by Gasteiger charge is 2.09. The predicted octanol–water partition coefficient (Wildman–Crippen LogP) is 3.73. The first-order chi connectivity index (χ1) is 12.1. The maximum absolute atomic E-state index is 13.8. The lowest BCUT2D eigenvalue weighted by Gasteiger charge is -2.12. The van der Waals surface area contributed by atoms with E-state index in [1.807, 2.05) is 36.4 Å². The zero-order chi connectivity index (χ0) is 17.6. The van der Waals surface area contributed by atoms with Crippen LogP contribution < -0.4 is 15.9 Å². The average molecular weight is 353 g/mol. The van der Waals surface area contributed by atoms with Crippen LogP contribution in [0, 0.1) is 5.82 Å². The van der Waals surface area contributed by atoms with Crippen molar-refractivity contribution in [2.24, 2.45) is 10.8 Å². The Morgan fingerprint density at radius 1 is 1.12 bits per heavy atom. The first kappa shape index (κ1) is 16.9. The number of benzene rings is 3. The minimum absolute atomic E-state index is 0.0744. The van der Waals surface area contributed by atoms with Crippen LogP contribution in [0.25, 0.3) is 10.8 Å². The number of nitrogens with one attached hydrogen (secondary N) is 1. The molecule has 6 heteroatoms. The number of fused-ring (bicyclic) bond motifs is 1. The summed E-state index contributed by atoms with van der Waals surface area (Å²) in [5, 5.41) is 6.10. The van der Waals surface area contributed by atoms with Crippen molar-refractivity contribution in [2.45, 2.75) is 6.61 Å². The second-order valence-electron chi connectivity index (χ2n) is 5.31. The van der Waals surface area contributed by atoms with E-state index in [0.717, 1.165) is 16.3 Å². The van der Waals surface area contributed by atoms with E-state index in [9.17, 15) is 4.39 Å². The highest BCUT2D eigenvalue weighted by atomic mass is 32.1. The molecule has 3 rings (SSSR count). The first-order valence-electron chi connectivity index (χ1n) is 7.61. The molecular formula is C19H16FN3OS. The van der Waals surface area contributed by atoms with Crippen molar-refractivity contribution in [3.63, 3.8) is 0 Å². The van der Waals surface area contributed by atoms with E-state index >= 15 is 0 Å². The van der Waals surface area contributed by atoms with Gasteiger partial charge in [-0.1, -0.05) is 48.5 Å². The fraction of sp³-hybridized carbons (Fsp3) is 0.0526. The van der Waals surface area contributed by atoms with Crippen LogP contribution in [0.1, 0.15) is 11.1 Å². The molecule has 126 valence electrons. The van der Waals surface area contributed by atoms with Crippen molar-refractivity contribution in [3.05, 3.63) is 77.6 Å². The summed E-state index contributed by atoms with van der Waals surface area (Å²) in [6, 6.07) is 18.2. The van der Waals surface area contributed by atoms with Gasteiger partial charge in [0, 0.05) is 11.1 Å². The van der Waals surface area contributed by atoms with Gasteiger partial charge in [-0.2, -0.15) is 5.10 Å². The van der Waals surface area contributed by atoms with Gasteiger partial charge in [-0.05, 0) is 35.1 Å². The maximum Gasteiger partial charge on any atom is 0.184 e. The first-order valence-corrected chi connectivity index (χ1v) is 8.02. The van der Waals surface area contributed by atoms with Gasteiger partial charge in [0.05, 0.1) is 6.21 Å². The number of nitrogens with zero attached hydrogens (tertiary/aromatic N) is 1. The summed E-state index contributed by atoms with van der Waals surface area (Å²) < 4.78 is 19.6. The lowest BCUT2D eigenvalue weighted by molar-refractivity contribution is 0.300. The molecule has 0 heterocycles. The predicted molar refractivity (Wildman–Crippen MR) is 102 cm³/mol. The average Bonchev–Trinajstić information content (AvgIpc) is 2.61. The van der Waals surface area contributed by atoms with Crippen molar-refractivity contribution in [3.8, 4) is 5.75 Å². The van der Waals surface area contributed by atoms with E-state index in [1.165, 1.54) is 6.07 Å². The molecule has 0 bridgehead atoms. The van der Waals surface area contributed by atoms with Crippen LogP contribution in [0.3, 0.4) is 0 Å². The molecule has 0 aromatic heterocycles. The van der Waals surface area contributed by atoms with Gasteiger partial charge in [0.1, 0.15) is 18.2 Å². The number of hydrazone groups is 1. The number of halogens is 1. The molecule has 0 radical (unpaired) electrons. The van der Waals surface area contributed by atoms with Crippen molar-refractivity contribution >= 4 is 34.3 Å². The van der Waals surface area contributed by atoms with E-state index in [4.69, 9.17) is 22.7 Å². The van der Waals surface area contributed by atoms with Crippen LogP contribution in [0.4, 0.5) is 4.39 Å². The third-order valence-corrected chi connectivity index (χ3v) is 3.73. The van der Waals surface area contributed by atoms with E-state index < -0.39 is 0 Å². The summed E-state index contributed by atoms with van der Waals surface area (Å²) in [5.41, 5.74) is 9.17. The summed E-state index contributed by atoms with van der Waals surface area (Å²) in [6.07, 6.45) is 1.60. The quantitative estimate of drug-likeness (QED) is 0.417. The van der Waals surface area contributed by atoms with E-state index in [0.29, 0.717) is 11.3 Å². The number of rotatable bonds is 5. The molecule has 0 saturated carbocycles. The van der Waals surface area contributed by atoms with Crippen LogP contribution in [-0.4, -0.2) is 11.3 Å². The lowest BCUT2D eigenvalue weighted by atomic mass is 10.0. The Bertz CT molecular complexity index is 943. The fourth-order valence-electron chi connectivity index (χ4n) is 2.47. The molecule has 0 unspecified atom stereocenters. The Hall–Kier alpha value is -2.99. The van der Waals surface area contributed by atoms with Crippen molar-refractivity contribution < 1.29 is 9.13 Å². The lowest BCUT2D eigenvalue weighted by Crippen LogP contribution is -2.24. The summed E-state index contributed by atoms with van der Waals surface area (Å²) in [7, 11) is 0. The molecule has 0 aliphatic rings. The van der Waals surface area contributed by atoms with Gasteiger partial charge in [-0.25, -0.2) is 4.39 Å². The van der Waals surface area contributed by atoms with E-state index in [2.05, 4.69) is 10.5 Å². The molecule has 0 aliphatic heterocycles. The van der Waals surface area contributed by atoms with Crippen LogP contribution in [-0.2, 0) is 6.61 Å². The Balaban J connectivity index is 1.94. The van der Waals surface area contributed by atoms with Gasteiger partial charge in [0.15, 0.2) is 5.11 Å². The molecule has 4 nitrogen and oxygen atoms in total. The highest BCUT2D eigenvalue weighted by molar-refractivity contribution is 7.80. The van der Waals surface area contributed by atoms with Gasteiger partial charge in [0.25, 0.3) is 0 Å². The van der Waals surface area contributed by atoms with Crippen LogP contribution >= 0.6 is 12.2 Å². The molecule has 0 aliphatic carbocycles. The van der Waals surface area contributed by atoms with Gasteiger partial charge in [-0.3, -0.25) is 5.43 Å². The van der Waals surface area contributed by atoms with Crippen molar-refractivity contribution in [1.29, 1.82) is 0 Å². The van der Waals surface area contributed by atoms with Crippen LogP contribution in [0.2, 0.25) is 0 Å². The molecule has 3 aromatic carbocycles. The Labute approximate surface area is 150 Å². The molecule has 25 heavy (non-hydrogen) atoms. The molecule has 3 aromatic rings. The van der Waals surface area contributed by atoms with Crippen molar-refractivity contribution in [2.75, 3.05) is 0 Å². The molecule has 0 amide bonds. The van der Waals surface area contributed by atoms with E-state index in [1.54, 1.807) is 24.4 Å². The molecule has 3 N–H and O–H groups in total. The summed E-state index contributed by atoms with van der Waals surface area (Å²) in [4.78, 5) is 0. The summed E-state index contributed by atoms with van der Waals surface area (Å²) in [6.45, 7) is 0.120. The normalized spacial score (nSPS) is 10.9. The Morgan fingerprint density at radius 2 is 1.88 bits per heavy atom. The Morgan fingerprint density at radius 3 is 2.68 bits per heavy atom. The number of thiocarbonyl (C=S) groups is 1. The fourth-order valence-corrected chi connectivity index (χ4v) is 2.52. The van der Waals surface area contributed by atoms with Gasteiger partial charge in [0.2, 0.25) is 0 Å². The highest BCUT2D eigenvalue weighted by Crippen LogP contribution is 2.27. The largest absolute Gasteiger partial charge is 0.488 e. The van der Waals surface area contributed by atoms with Gasteiger partial charge in [-0.15, -0.1) is 0 Å². The SMILES string of the molecule is NC(=S)N/N=C\c1c(OCc2ccccc2F)ccc2ccccc12.